The van der Waals surface area contributed by atoms with Gasteiger partial charge >= 0.3 is 5.97 Å². The van der Waals surface area contributed by atoms with Gasteiger partial charge in [0.25, 0.3) is 0 Å². The van der Waals surface area contributed by atoms with Gasteiger partial charge in [-0.15, -0.1) is 0 Å². The Labute approximate surface area is 132 Å². The zero-order valence-electron chi connectivity index (χ0n) is 11.3. The first kappa shape index (κ1) is 15.3. The van der Waals surface area contributed by atoms with Crippen molar-refractivity contribution in [1.29, 1.82) is 10.5 Å². The topological polar surface area (TPSA) is 73.9 Å². The summed E-state index contributed by atoms with van der Waals surface area (Å²) in [5.41, 5.74) is 0.817. The smallest absolute Gasteiger partial charge is 0.345 e. The number of ether oxygens (including phenoxy) is 1. The number of hydrogen-bond acceptors (Lipinski definition) is 4. The van der Waals surface area contributed by atoms with Gasteiger partial charge in [0.1, 0.15) is 23.5 Å². The van der Waals surface area contributed by atoms with Gasteiger partial charge in [-0.1, -0.05) is 35.9 Å². The van der Waals surface area contributed by atoms with E-state index in [1.807, 2.05) is 0 Å². The van der Waals surface area contributed by atoms with Crippen molar-refractivity contribution < 1.29 is 9.53 Å². The Balaban J connectivity index is 2.23. The van der Waals surface area contributed by atoms with Crippen LogP contribution in [-0.4, -0.2) is 5.97 Å². The molecule has 0 fully saturated rings. The van der Waals surface area contributed by atoms with Crippen molar-refractivity contribution in [3.05, 3.63) is 70.3 Å². The molecule has 106 valence electrons. The molecule has 2 aromatic carbocycles. The minimum absolute atomic E-state index is 0.0328. The zero-order valence-corrected chi connectivity index (χ0v) is 12.0. The van der Waals surface area contributed by atoms with Crippen molar-refractivity contribution in [3.63, 3.8) is 0 Å². The molecule has 0 aliphatic heterocycles. The summed E-state index contributed by atoms with van der Waals surface area (Å²) in [6.45, 7) is 0. The van der Waals surface area contributed by atoms with Gasteiger partial charge in [0, 0.05) is 0 Å². The fourth-order valence-corrected chi connectivity index (χ4v) is 1.93. The average Bonchev–Trinajstić information content (AvgIpc) is 2.53. The number of nitrogens with zero attached hydrogens (tertiary/aromatic N) is 2. The standard InChI is InChI=1S/C17H9ClN2O2/c18-16-7-2-1-6-15(16)17(21)22-14-5-3-4-12(9-14)8-13(10-19)11-20/h1-9H. The van der Waals surface area contributed by atoms with Crippen LogP contribution in [-0.2, 0) is 0 Å². The lowest BCUT2D eigenvalue weighted by atomic mass is 10.1. The monoisotopic (exact) mass is 308 g/mol. The quantitative estimate of drug-likeness (QED) is 0.488. The van der Waals surface area contributed by atoms with Crippen LogP contribution in [0.3, 0.4) is 0 Å². The van der Waals surface area contributed by atoms with Crippen LogP contribution in [0.4, 0.5) is 0 Å². The van der Waals surface area contributed by atoms with Crippen LogP contribution in [0.15, 0.2) is 54.1 Å². The Bertz CT molecular complexity index is 813. The van der Waals surface area contributed by atoms with Crippen molar-refractivity contribution in [3.8, 4) is 17.9 Å². The van der Waals surface area contributed by atoms with Crippen LogP contribution < -0.4 is 4.74 Å². The second kappa shape index (κ2) is 7.08. The lowest BCUT2D eigenvalue weighted by molar-refractivity contribution is 0.0735. The highest BCUT2D eigenvalue weighted by Gasteiger charge is 2.12. The van der Waals surface area contributed by atoms with Crippen molar-refractivity contribution in [2.24, 2.45) is 0 Å². The van der Waals surface area contributed by atoms with Gasteiger partial charge in [0.05, 0.1) is 10.6 Å². The molecule has 0 amide bonds. The first-order chi connectivity index (χ1) is 10.6. The SMILES string of the molecule is N#CC(C#N)=Cc1cccc(OC(=O)c2ccccc2Cl)c1. The van der Waals surface area contributed by atoms with Gasteiger partial charge in [-0.05, 0) is 35.9 Å². The molecule has 0 saturated heterocycles. The molecule has 0 aliphatic rings. The van der Waals surface area contributed by atoms with Crippen molar-refractivity contribution >= 4 is 23.6 Å². The highest BCUT2D eigenvalue weighted by atomic mass is 35.5. The molecular weight excluding hydrogens is 300 g/mol. The maximum Gasteiger partial charge on any atom is 0.345 e. The summed E-state index contributed by atoms with van der Waals surface area (Å²) in [4.78, 5) is 12.1. The van der Waals surface area contributed by atoms with Gasteiger partial charge in [-0.3, -0.25) is 0 Å². The van der Waals surface area contributed by atoms with E-state index in [0.29, 0.717) is 16.3 Å². The van der Waals surface area contributed by atoms with Crippen molar-refractivity contribution in [2.45, 2.75) is 0 Å². The van der Waals surface area contributed by atoms with Crippen LogP contribution in [0, 0.1) is 22.7 Å². The predicted octanol–water partition coefficient (Wildman–Crippen LogP) is 3.99. The first-order valence-electron chi connectivity index (χ1n) is 6.22. The zero-order chi connectivity index (χ0) is 15.9. The van der Waals surface area contributed by atoms with Gasteiger partial charge in [-0.2, -0.15) is 10.5 Å². The number of carbonyl (C=O) groups excluding carboxylic acids is 1. The molecule has 0 radical (unpaired) electrons. The number of nitriles is 2. The van der Waals surface area contributed by atoms with Crippen molar-refractivity contribution in [2.75, 3.05) is 0 Å². The predicted molar refractivity (Wildman–Crippen MR) is 82.1 cm³/mol. The minimum Gasteiger partial charge on any atom is -0.423 e. The lowest BCUT2D eigenvalue weighted by Crippen LogP contribution is -2.09. The van der Waals surface area contributed by atoms with E-state index in [1.165, 1.54) is 6.08 Å². The van der Waals surface area contributed by atoms with E-state index in [4.69, 9.17) is 26.9 Å². The Morgan fingerprint density at radius 3 is 2.50 bits per heavy atom. The number of hydrogen-bond donors (Lipinski definition) is 0. The van der Waals surface area contributed by atoms with Gasteiger partial charge in [0.2, 0.25) is 0 Å². The average molecular weight is 309 g/mol. The largest absolute Gasteiger partial charge is 0.423 e. The molecule has 22 heavy (non-hydrogen) atoms. The summed E-state index contributed by atoms with van der Waals surface area (Å²) in [5.74, 6) is -0.276. The highest BCUT2D eigenvalue weighted by molar-refractivity contribution is 6.33. The van der Waals surface area contributed by atoms with Gasteiger partial charge in [0.15, 0.2) is 0 Å². The van der Waals surface area contributed by atoms with Gasteiger partial charge < -0.3 is 4.74 Å². The number of esters is 1. The number of benzene rings is 2. The number of halogens is 1. The highest BCUT2D eigenvalue weighted by Crippen LogP contribution is 2.20. The van der Waals surface area contributed by atoms with E-state index in [0.717, 1.165) is 0 Å². The summed E-state index contributed by atoms with van der Waals surface area (Å²) in [5, 5.41) is 17.8. The molecule has 0 bridgehead atoms. The first-order valence-corrected chi connectivity index (χ1v) is 6.60. The molecule has 2 rings (SSSR count). The van der Waals surface area contributed by atoms with Crippen LogP contribution >= 0.6 is 11.6 Å². The van der Waals surface area contributed by atoms with Crippen molar-refractivity contribution in [1.82, 2.24) is 0 Å². The normalized spacial score (nSPS) is 9.23. The summed E-state index contributed by atoms with van der Waals surface area (Å²) in [6, 6.07) is 16.6. The summed E-state index contributed by atoms with van der Waals surface area (Å²) in [7, 11) is 0. The molecule has 0 atom stereocenters. The molecule has 0 aliphatic carbocycles. The molecule has 0 N–H and O–H groups in total. The molecular formula is C17H9ClN2O2. The van der Waals surface area contributed by atoms with Crippen LogP contribution in [0.2, 0.25) is 5.02 Å². The van der Waals surface area contributed by atoms with Crippen LogP contribution in [0.25, 0.3) is 6.08 Å². The van der Waals surface area contributed by atoms with E-state index in [1.54, 1.807) is 60.7 Å². The Morgan fingerprint density at radius 1 is 1.09 bits per heavy atom. The molecule has 2 aromatic rings. The Hall–Kier alpha value is -3.08. The number of rotatable bonds is 3. The third-order valence-electron chi connectivity index (χ3n) is 2.71. The van der Waals surface area contributed by atoms with Crippen LogP contribution in [0.1, 0.15) is 15.9 Å². The lowest BCUT2D eigenvalue weighted by Gasteiger charge is -2.06. The maximum atomic E-state index is 12.1. The van der Waals surface area contributed by atoms with E-state index < -0.39 is 5.97 Å². The molecule has 0 unspecified atom stereocenters. The molecule has 5 heteroatoms. The second-order valence-electron chi connectivity index (χ2n) is 4.22. The van der Waals surface area contributed by atoms with Gasteiger partial charge in [-0.25, -0.2) is 4.79 Å². The summed E-state index contributed by atoms with van der Waals surface area (Å²) in [6.07, 6.45) is 1.41. The molecule has 4 nitrogen and oxygen atoms in total. The minimum atomic E-state index is -0.576. The number of carbonyl (C=O) groups is 1. The Kier molecular flexibility index (Phi) is 4.93. The van der Waals surface area contributed by atoms with E-state index in [9.17, 15) is 4.79 Å². The molecule has 0 aromatic heterocycles. The molecule has 0 saturated carbocycles. The summed E-state index contributed by atoms with van der Waals surface area (Å²) < 4.78 is 5.25. The fraction of sp³-hybridized carbons (Fsp3) is 0. The number of allylic oxidation sites excluding steroid dienone is 1. The third-order valence-corrected chi connectivity index (χ3v) is 3.04. The van der Waals surface area contributed by atoms with E-state index in [2.05, 4.69) is 0 Å². The third kappa shape index (κ3) is 3.73. The summed E-state index contributed by atoms with van der Waals surface area (Å²) >= 11 is 5.94. The maximum absolute atomic E-state index is 12.1. The molecule has 0 heterocycles. The van der Waals surface area contributed by atoms with Crippen LogP contribution in [0.5, 0.6) is 5.75 Å². The Morgan fingerprint density at radius 2 is 1.82 bits per heavy atom. The van der Waals surface area contributed by atoms with E-state index in [-0.39, 0.29) is 11.1 Å². The molecule has 0 spiro atoms. The fourth-order valence-electron chi connectivity index (χ4n) is 1.71. The second-order valence-corrected chi connectivity index (χ2v) is 4.63. The van der Waals surface area contributed by atoms with E-state index >= 15 is 0 Å².